The topological polar surface area (TPSA) is 55.1 Å². The Labute approximate surface area is 120 Å². The van der Waals surface area contributed by atoms with Gasteiger partial charge in [0.1, 0.15) is 5.01 Å². The monoisotopic (exact) mass is 286 g/mol. The first-order valence-electron chi connectivity index (χ1n) is 6.30. The minimum Gasteiger partial charge on any atom is -0.478 e. The molecule has 5 heteroatoms. The first-order chi connectivity index (χ1) is 9.56. The van der Waals surface area contributed by atoms with E-state index in [4.69, 9.17) is 5.11 Å². The quantitative estimate of drug-likeness (QED) is 0.802. The molecule has 3 rings (SSSR count). The zero-order chi connectivity index (χ0) is 14.3. The maximum Gasteiger partial charge on any atom is 0.337 e. The lowest BCUT2D eigenvalue weighted by Crippen LogP contribution is -2.05. The second kappa shape index (κ2) is 4.76. The standard InChI is InChI=1S/C15H14N2O2S/c1-9-7-11(15(18)19)10(2)17(9)8-14-16-12-5-3-4-6-13(12)20-14/h3-7H,8H2,1-2H3,(H,18,19). The van der Waals surface area contributed by atoms with Gasteiger partial charge in [0.2, 0.25) is 0 Å². The van der Waals surface area contributed by atoms with Crippen molar-refractivity contribution in [3.63, 3.8) is 0 Å². The van der Waals surface area contributed by atoms with Crippen LogP contribution < -0.4 is 0 Å². The van der Waals surface area contributed by atoms with Gasteiger partial charge in [0.05, 0.1) is 22.3 Å². The first-order valence-corrected chi connectivity index (χ1v) is 7.12. The number of benzene rings is 1. The van der Waals surface area contributed by atoms with Crippen LogP contribution in [-0.2, 0) is 6.54 Å². The predicted octanol–water partition coefficient (Wildman–Crippen LogP) is 3.46. The van der Waals surface area contributed by atoms with Gasteiger partial charge in [0.25, 0.3) is 0 Å². The van der Waals surface area contributed by atoms with Crippen molar-refractivity contribution in [2.75, 3.05) is 0 Å². The van der Waals surface area contributed by atoms with Crippen LogP contribution in [0.15, 0.2) is 30.3 Å². The Kier molecular flexibility index (Phi) is 3.06. The van der Waals surface area contributed by atoms with E-state index >= 15 is 0 Å². The fraction of sp³-hybridized carbons (Fsp3) is 0.200. The summed E-state index contributed by atoms with van der Waals surface area (Å²) in [6.07, 6.45) is 0. The molecule has 0 aliphatic heterocycles. The van der Waals surface area contributed by atoms with Gasteiger partial charge in [-0.15, -0.1) is 11.3 Å². The van der Waals surface area contributed by atoms with E-state index in [2.05, 4.69) is 11.1 Å². The van der Waals surface area contributed by atoms with Gasteiger partial charge in [-0.2, -0.15) is 0 Å². The van der Waals surface area contributed by atoms with Crippen LogP contribution in [0.25, 0.3) is 10.2 Å². The SMILES string of the molecule is Cc1cc(C(=O)O)c(C)n1Cc1nc2ccccc2s1. The summed E-state index contributed by atoms with van der Waals surface area (Å²) in [4.78, 5) is 15.7. The number of nitrogens with zero attached hydrogens (tertiary/aromatic N) is 2. The molecule has 3 aromatic rings. The molecule has 0 aliphatic rings. The zero-order valence-corrected chi connectivity index (χ0v) is 12.1. The maximum absolute atomic E-state index is 11.2. The molecule has 0 unspecified atom stereocenters. The second-order valence-electron chi connectivity index (χ2n) is 4.75. The minimum atomic E-state index is -0.881. The molecule has 0 bridgehead atoms. The van der Waals surface area contributed by atoms with E-state index < -0.39 is 5.97 Å². The van der Waals surface area contributed by atoms with Crippen molar-refractivity contribution in [3.8, 4) is 0 Å². The highest BCUT2D eigenvalue weighted by atomic mass is 32.1. The van der Waals surface area contributed by atoms with Crippen molar-refractivity contribution in [2.45, 2.75) is 20.4 Å². The number of carboxylic acid groups (broad SMARTS) is 1. The highest BCUT2D eigenvalue weighted by Crippen LogP contribution is 2.24. The number of carboxylic acids is 1. The van der Waals surface area contributed by atoms with Crippen LogP contribution in [-0.4, -0.2) is 20.6 Å². The molecule has 20 heavy (non-hydrogen) atoms. The van der Waals surface area contributed by atoms with Crippen LogP contribution >= 0.6 is 11.3 Å². The van der Waals surface area contributed by atoms with Crippen molar-refractivity contribution in [3.05, 3.63) is 52.3 Å². The summed E-state index contributed by atoms with van der Waals surface area (Å²) in [7, 11) is 0. The molecule has 0 spiro atoms. The Bertz CT molecular complexity index is 768. The molecule has 1 aromatic carbocycles. The summed E-state index contributed by atoms with van der Waals surface area (Å²) in [5.74, 6) is -0.881. The van der Waals surface area contributed by atoms with E-state index in [-0.39, 0.29) is 0 Å². The molecule has 0 saturated carbocycles. The lowest BCUT2D eigenvalue weighted by molar-refractivity contribution is 0.0696. The Balaban J connectivity index is 2.00. The number of fused-ring (bicyclic) bond motifs is 1. The summed E-state index contributed by atoms with van der Waals surface area (Å²) in [5, 5.41) is 10.1. The molecule has 1 N–H and O–H groups in total. The van der Waals surface area contributed by atoms with E-state index in [1.807, 2.05) is 36.6 Å². The Morgan fingerprint density at radius 3 is 2.75 bits per heavy atom. The molecular weight excluding hydrogens is 272 g/mol. The number of para-hydroxylation sites is 1. The van der Waals surface area contributed by atoms with Crippen LogP contribution in [0, 0.1) is 13.8 Å². The third-order valence-corrected chi connectivity index (χ3v) is 4.46. The number of carbonyl (C=O) groups is 1. The molecule has 0 fully saturated rings. The van der Waals surface area contributed by atoms with Crippen molar-refractivity contribution >= 4 is 27.5 Å². The van der Waals surface area contributed by atoms with Crippen molar-refractivity contribution in [1.29, 1.82) is 0 Å². The molecule has 0 amide bonds. The van der Waals surface area contributed by atoms with E-state index in [1.165, 1.54) is 0 Å². The molecule has 0 aliphatic carbocycles. The average Bonchev–Trinajstić information content (AvgIpc) is 2.94. The second-order valence-corrected chi connectivity index (χ2v) is 5.87. The average molecular weight is 286 g/mol. The fourth-order valence-electron chi connectivity index (χ4n) is 2.38. The molecule has 0 atom stereocenters. The predicted molar refractivity (Wildman–Crippen MR) is 79.6 cm³/mol. The summed E-state index contributed by atoms with van der Waals surface area (Å²) in [6.45, 7) is 4.38. The number of rotatable bonds is 3. The van der Waals surface area contributed by atoms with Gasteiger partial charge in [-0.25, -0.2) is 9.78 Å². The number of aromatic nitrogens is 2. The van der Waals surface area contributed by atoms with E-state index in [9.17, 15) is 4.79 Å². The number of hydrogen-bond acceptors (Lipinski definition) is 3. The molecule has 2 heterocycles. The molecule has 0 radical (unpaired) electrons. The molecule has 102 valence electrons. The number of thiazole rings is 1. The van der Waals surface area contributed by atoms with Crippen LogP contribution in [0.4, 0.5) is 0 Å². The van der Waals surface area contributed by atoms with Gasteiger partial charge in [0.15, 0.2) is 0 Å². The smallest absolute Gasteiger partial charge is 0.337 e. The largest absolute Gasteiger partial charge is 0.478 e. The van der Waals surface area contributed by atoms with Crippen molar-refractivity contribution in [2.24, 2.45) is 0 Å². The molecule has 4 nitrogen and oxygen atoms in total. The fourth-order valence-corrected chi connectivity index (χ4v) is 3.34. The van der Waals surface area contributed by atoms with Crippen LogP contribution in [0.5, 0.6) is 0 Å². The third kappa shape index (κ3) is 2.10. The third-order valence-electron chi connectivity index (χ3n) is 3.44. The van der Waals surface area contributed by atoms with Gasteiger partial charge < -0.3 is 9.67 Å². The van der Waals surface area contributed by atoms with Crippen LogP contribution in [0.3, 0.4) is 0 Å². The summed E-state index contributed by atoms with van der Waals surface area (Å²) in [5.41, 5.74) is 3.07. The van der Waals surface area contributed by atoms with Crippen LogP contribution in [0.2, 0.25) is 0 Å². The maximum atomic E-state index is 11.2. The van der Waals surface area contributed by atoms with Gasteiger partial charge in [0, 0.05) is 11.4 Å². The summed E-state index contributed by atoms with van der Waals surface area (Å²) >= 11 is 1.65. The Morgan fingerprint density at radius 1 is 1.35 bits per heavy atom. The number of hydrogen-bond donors (Lipinski definition) is 1. The molecule has 0 saturated heterocycles. The van der Waals surface area contributed by atoms with E-state index in [0.29, 0.717) is 12.1 Å². The van der Waals surface area contributed by atoms with Crippen molar-refractivity contribution < 1.29 is 9.90 Å². The normalized spacial score (nSPS) is 11.1. The number of aryl methyl sites for hydroxylation is 1. The molecular formula is C15H14N2O2S. The van der Waals surface area contributed by atoms with E-state index in [1.54, 1.807) is 17.4 Å². The first kappa shape index (κ1) is 12.9. The summed E-state index contributed by atoms with van der Waals surface area (Å²) < 4.78 is 3.16. The highest BCUT2D eigenvalue weighted by molar-refractivity contribution is 7.18. The Hall–Kier alpha value is -2.14. The van der Waals surface area contributed by atoms with Gasteiger partial charge in [-0.1, -0.05) is 12.1 Å². The Morgan fingerprint density at radius 2 is 2.10 bits per heavy atom. The zero-order valence-electron chi connectivity index (χ0n) is 11.3. The van der Waals surface area contributed by atoms with Crippen LogP contribution in [0.1, 0.15) is 26.8 Å². The van der Waals surface area contributed by atoms with Gasteiger partial charge in [-0.3, -0.25) is 0 Å². The lowest BCUT2D eigenvalue weighted by Gasteiger charge is -2.06. The van der Waals surface area contributed by atoms with Gasteiger partial charge >= 0.3 is 5.97 Å². The van der Waals surface area contributed by atoms with Gasteiger partial charge in [-0.05, 0) is 32.0 Å². The molecule has 2 aromatic heterocycles. The highest BCUT2D eigenvalue weighted by Gasteiger charge is 2.15. The van der Waals surface area contributed by atoms with Crippen molar-refractivity contribution in [1.82, 2.24) is 9.55 Å². The summed E-state index contributed by atoms with van der Waals surface area (Å²) in [6, 6.07) is 9.73. The van der Waals surface area contributed by atoms with E-state index in [0.717, 1.165) is 26.6 Å². The minimum absolute atomic E-state index is 0.364. The number of aromatic carboxylic acids is 1. The lowest BCUT2D eigenvalue weighted by atomic mass is 10.2.